The highest BCUT2D eigenvalue weighted by molar-refractivity contribution is 5.68. The summed E-state index contributed by atoms with van der Waals surface area (Å²) in [6.45, 7) is 1.05. The molecular weight excluding hydrogens is 240 g/mol. The Bertz CT molecular complexity index is 449. The van der Waals surface area contributed by atoms with E-state index in [0.717, 1.165) is 18.3 Å². The lowest BCUT2D eigenvalue weighted by Crippen LogP contribution is -2.47. The lowest BCUT2D eigenvalue weighted by atomic mass is 9.78. The molecule has 5 nitrogen and oxygen atoms in total. The molecule has 1 saturated carbocycles. The highest BCUT2D eigenvalue weighted by atomic mass is 16.5. The Morgan fingerprint density at radius 2 is 2.00 bits per heavy atom. The number of methoxy groups -OCH3 is 1. The maximum absolute atomic E-state index is 6.15. The van der Waals surface area contributed by atoms with E-state index in [2.05, 4.69) is 14.9 Å². The molecule has 0 spiro atoms. The van der Waals surface area contributed by atoms with Gasteiger partial charge in [-0.25, -0.2) is 4.98 Å². The van der Waals surface area contributed by atoms with Gasteiger partial charge in [-0.1, -0.05) is 12.8 Å². The zero-order chi connectivity index (χ0) is 13.2. The SMILES string of the molecule is COc1ncnc(N2CCCC3CCCCC32)c1N. The number of rotatable bonds is 2. The van der Waals surface area contributed by atoms with Crippen LogP contribution in [0, 0.1) is 5.92 Å². The minimum absolute atomic E-state index is 0.489. The van der Waals surface area contributed by atoms with Crippen LogP contribution in [-0.4, -0.2) is 29.7 Å². The average Bonchev–Trinajstić information content (AvgIpc) is 2.47. The summed E-state index contributed by atoms with van der Waals surface area (Å²) in [5.41, 5.74) is 6.73. The number of hydrogen-bond donors (Lipinski definition) is 1. The van der Waals surface area contributed by atoms with Gasteiger partial charge >= 0.3 is 0 Å². The van der Waals surface area contributed by atoms with Crippen LogP contribution in [0.25, 0.3) is 0 Å². The van der Waals surface area contributed by atoms with Crippen LogP contribution in [0.1, 0.15) is 38.5 Å². The second-order valence-electron chi connectivity index (χ2n) is 5.57. The first kappa shape index (κ1) is 12.5. The van der Waals surface area contributed by atoms with E-state index in [1.807, 2.05) is 0 Å². The van der Waals surface area contributed by atoms with E-state index >= 15 is 0 Å². The number of aromatic nitrogens is 2. The largest absolute Gasteiger partial charge is 0.479 e. The summed E-state index contributed by atoms with van der Waals surface area (Å²) in [5, 5.41) is 0. The molecule has 2 heterocycles. The van der Waals surface area contributed by atoms with Gasteiger partial charge in [0.25, 0.3) is 0 Å². The quantitative estimate of drug-likeness (QED) is 0.885. The molecular formula is C14H22N4O. The Balaban J connectivity index is 1.91. The van der Waals surface area contributed by atoms with Gasteiger partial charge in [0.15, 0.2) is 5.82 Å². The maximum atomic E-state index is 6.15. The van der Waals surface area contributed by atoms with Gasteiger partial charge in [-0.15, -0.1) is 0 Å². The molecule has 2 unspecified atom stereocenters. The topological polar surface area (TPSA) is 64.3 Å². The van der Waals surface area contributed by atoms with Crippen molar-refractivity contribution in [3.8, 4) is 5.88 Å². The summed E-state index contributed by atoms with van der Waals surface area (Å²) in [4.78, 5) is 10.9. The molecule has 2 aliphatic rings. The lowest BCUT2D eigenvalue weighted by Gasteiger charge is -2.45. The first-order chi connectivity index (χ1) is 9.31. The first-order valence-electron chi connectivity index (χ1n) is 7.22. The second-order valence-corrected chi connectivity index (χ2v) is 5.57. The molecule has 0 amide bonds. The van der Waals surface area contributed by atoms with Crippen LogP contribution >= 0.6 is 0 Å². The van der Waals surface area contributed by atoms with E-state index in [4.69, 9.17) is 10.5 Å². The van der Waals surface area contributed by atoms with Crippen molar-refractivity contribution in [2.75, 3.05) is 24.3 Å². The van der Waals surface area contributed by atoms with Gasteiger partial charge in [-0.2, -0.15) is 4.98 Å². The van der Waals surface area contributed by atoms with Gasteiger partial charge in [0.1, 0.15) is 12.0 Å². The molecule has 5 heteroatoms. The van der Waals surface area contributed by atoms with Gasteiger partial charge in [0.05, 0.1) is 7.11 Å². The highest BCUT2D eigenvalue weighted by Gasteiger charge is 2.35. The molecule has 1 aliphatic heterocycles. The Kier molecular flexibility index (Phi) is 3.44. The predicted octanol–water partition coefficient (Wildman–Crippen LogP) is 2.23. The van der Waals surface area contributed by atoms with E-state index in [-0.39, 0.29) is 0 Å². The summed E-state index contributed by atoms with van der Waals surface area (Å²) < 4.78 is 5.21. The van der Waals surface area contributed by atoms with Gasteiger partial charge < -0.3 is 15.4 Å². The lowest BCUT2D eigenvalue weighted by molar-refractivity contribution is 0.242. The second kappa shape index (κ2) is 5.23. The smallest absolute Gasteiger partial charge is 0.242 e. The molecule has 0 aromatic carbocycles. The number of piperidine rings is 1. The molecule has 2 atom stereocenters. The number of fused-ring (bicyclic) bond motifs is 1. The molecule has 2 N–H and O–H groups in total. The van der Waals surface area contributed by atoms with Crippen LogP contribution in [0.2, 0.25) is 0 Å². The zero-order valence-electron chi connectivity index (χ0n) is 11.5. The zero-order valence-corrected chi connectivity index (χ0v) is 11.5. The third-order valence-electron chi connectivity index (χ3n) is 4.53. The molecule has 3 rings (SSSR count). The van der Waals surface area contributed by atoms with Crippen LogP contribution in [0.4, 0.5) is 11.5 Å². The Morgan fingerprint density at radius 3 is 2.84 bits per heavy atom. The van der Waals surface area contributed by atoms with Gasteiger partial charge in [-0.05, 0) is 31.6 Å². The molecule has 1 aliphatic carbocycles. The van der Waals surface area contributed by atoms with Gasteiger partial charge in [0, 0.05) is 12.6 Å². The van der Waals surface area contributed by atoms with Crippen LogP contribution in [-0.2, 0) is 0 Å². The number of anilines is 2. The average molecular weight is 262 g/mol. The van der Waals surface area contributed by atoms with Crippen molar-refractivity contribution in [1.82, 2.24) is 9.97 Å². The van der Waals surface area contributed by atoms with Crippen molar-refractivity contribution in [1.29, 1.82) is 0 Å². The number of ether oxygens (including phenoxy) is 1. The fraction of sp³-hybridized carbons (Fsp3) is 0.714. The van der Waals surface area contributed by atoms with E-state index in [9.17, 15) is 0 Å². The van der Waals surface area contributed by atoms with Crippen molar-refractivity contribution in [3.63, 3.8) is 0 Å². The Labute approximate surface area is 114 Å². The molecule has 1 saturated heterocycles. The Hall–Kier alpha value is -1.52. The fourth-order valence-electron chi connectivity index (χ4n) is 3.65. The molecule has 1 aromatic heterocycles. The summed E-state index contributed by atoms with van der Waals surface area (Å²) in [5.74, 6) is 2.16. The van der Waals surface area contributed by atoms with E-state index in [1.54, 1.807) is 13.4 Å². The summed E-state index contributed by atoms with van der Waals surface area (Å²) in [6, 6.07) is 0.601. The third-order valence-corrected chi connectivity index (χ3v) is 4.53. The van der Waals surface area contributed by atoms with E-state index < -0.39 is 0 Å². The number of nitrogens with zero attached hydrogens (tertiary/aromatic N) is 3. The van der Waals surface area contributed by atoms with Crippen molar-refractivity contribution in [2.24, 2.45) is 5.92 Å². The predicted molar refractivity (Wildman–Crippen MR) is 75.3 cm³/mol. The van der Waals surface area contributed by atoms with Crippen LogP contribution in [0.3, 0.4) is 0 Å². The number of nitrogen functional groups attached to an aromatic ring is 1. The fourth-order valence-corrected chi connectivity index (χ4v) is 3.65. The highest BCUT2D eigenvalue weighted by Crippen LogP contribution is 2.39. The van der Waals surface area contributed by atoms with E-state index in [0.29, 0.717) is 17.6 Å². The molecule has 0 radical (unpaired) electrons. The summed E-state index contributed by atoms with van der Waals surface area (Å²) in [6.07, 6.45) is 9.43. The summed E-state index contributed by atoms with van der Waals surface area (Å²) in [7, 11) is 1.60. The molecule has 0 bridgehead atoms. The molecule has 2 fully saturated rings. The van der Waals surface area contributed by atoms with Gasteiger partial charge in [0.2, 0.25) is 5.88 Å². The first-order valence-corrected chi connectivity index (χ1v) is 7.22. The summed E-state index contributed by atoms with van der Waals surface area (Å²) >= 11 is 0. The normalized spacial score (nSPS) is 26.9. The van der Waals surface area contributed by atoms with E-state index in [1.165, 1.54) is 38.5 Å². The van der Waals surface area contributed by atoms with Crippen LogP contribution in [0.15, 0.2) is 6.33 Å². The number of nitrogens with two attached hydrogens (primary N) is 1. The molecule has 1 aromatic rings. The Morgan fingerprint density at radius 1 is 1.21 bits per heavy atom. The van der Waals surface area contributed by atoms with Crippen molar-refractivity contribution in [2.45, 2.75) is 44.6 Å². The molecule has 104 valence electrons. The minimum atomic E-state index is 0.489. The van der Waals surface area contributed by atoms with Crippen LogP contribution in [0.5, 0.6) is 5.88 Å². The van der Waals surface area contributed by atoms with Crippen molar-refractivity contribution < 1.29 is 4.74 Å². The number of hydrogen-bond acceptors (Lipinski definition) is 5. The standard InChI is InChI=1S/C14H22N4O/c1-19-14-12(15)13(16-9-17-14)18-8-4-6-10-5-2-3-7-11(10)18/h9-11H,2-8,15H2,1H3. The molecule has 19 heavy (non-hydrogen) atoms. The van der Waals surface area contributed by atoms with Crippen molar-refractivity contribution in [3.05, 3.63) is 6.33 Å². The van der Waals surface area contributed by atoms with Crippen molar-refractivity contribution >= 4 is 11.5 Å². The minimum Gasteiger partial charge on any atom is -0.479 e. The van der Waals surface area contributed by atoms with Crippen LogP contribution < -0.4 is 15.4 Å². The third kappa shape index (κ3) is 2.22. The monoisotopic (exact) mass is 262 g/mol. The van der Waals surface area contributed by atoms with Gasteiger partial charge in [-0.3, -0.25) is 0 Å². The maximum Gasteiger partial charge on any atom is 0.242 e.